The second kappa shape index (κ2) is 8.89. The molecule has 4 rings (SSSR count). The van der Waals surface area contributed by atoms with E-state index in [2.05, 4.69) is 20.2 Å². The number of piperidine rings is 1. The van der Waals surface area contributed by atoms with Crippen molar-refractivity contribution in [1.82, 2.24) is 9.97 Å². The second-order valence-electron chi connectivity index (χ2n) is 7.88. The van der Waals surface area contributed by atoms with Gasteiger partial charge in [-0.05, 0) is 78.9 Å². The van der Waals surface area contributed by atoms with Crippen molar-refractivity contribution in [2.45, 2.75) is 30.6 Å². The predicted molar refractivity (Wildman–Crippen MR) is 115 cm³/mol. The van der Waals surface area contributed by atoms with Crippen LogP contribution in [0.4, 0.5) is 11.6 Å². The van der Waals surface area contributed by atoms with E-state index in [1.807, 2.05) is 24.3 Å². The minimum atomic E-state index is -0.909. The Kier molecular flexibility index (Phi) is 6.28. The number of nitrogens with zero attached hydrogens (tertiary/aromatic N) is 3. The molecule has 0 amide bonds. The van der Waals surface area contributed by atoms with Gasteiger partial charge < -0.3 is 14.8 Å². The molecule has 28 heavy (non-hydrogen) atoms. The van der Waals surface area contributed by atoms with Crippen LogP contribution in [0.3, 0.4) is 0 Å². The number of anilines is 2. The van der Waals surface area contributed by atoms with Gasteiger partial charge in [0, 0.05) is 25.3 Å². The molecule has 7 heteroatoms. The third-order valence-corrected chi connectivity index (χ3v) is 7.17. The average molecular weight is 419 g/mol. The maximum atomic E-state index is 11.4. The minimum absolute atomic E-state index is 0.587. The summed E-state index contributed by atoms with van der Waals surface area (Å²) in [6.07, 6.45) is 10.1. The Bertz CT molecular complexity index is 763. The lowest BCUT2D eigenvalue weighted by molar-refractivity contribution is 0.343. The lowest BCUT2D eigenvalue weighted by Gasteiger charge is -2.32. The van der Waals surface area contributed by atoms with E-state index >= 15 is 0 Å². The van der Waals surface area contributed by atoms with E-state index in [0.29, 0.717) is 5.02 Å². The SMILES string of the molecule is C[S+]([O-])c1ccc(NCCC2CC2C2CCN(c3ncc(Cl)cn3)CC2)cc1. The van der Waals surface area contributed by atoms with E-state index in [9.17, 15) is 4.55 Å². The molecular formula is C21H27ClN4OS. The average Bonchev–Trinajstić information content (AvgIpc) is 3.49. The normalized spacial score (nSPS) is 23.5. The molecule has 3 atom stereocenters. The highest BCUT2D eigenvalue weighted by atomic mass is 35.5. The van der Waals surface area contributed by atoms with Crippen molar-refractivity contribution in [1.29, 1.82) is 0 Å². The van der Waals surface area contributed by atoms with E-state index in [1.54, 1.807) is 18.6 Å². The summed E-state index contributed by atoms with van der Waals surface area (Å²) in [4.78, 5) is 11.8. The topological polar surface area (TPSA) is 64.1 Å². The molecule has 2 aromatic rings. The second-order valence-corrected chi connectivity index (χ2v) is 9.70. The smallest absolute Gasteiger partial charge is 0.225 e. The summed E-state index contributed by atoms with van der Waals surface area (Å²) in [6.45, 7) is 3.09. The molecule has 3 unspecified atom stereocenters. The van der Waals surface area contributed by atoms with E-state index in [-0.39, 0.29) is 0 Å². The molecule has 0 radical (unpaired) electrons. The molecule has 1 aliphatic heterocycles. The maximum Gasteiger partial charge on any atom is 0.225 e. The van der Waals surface area contributed by atoms with Crippen LogP contribution in [-0.2, 0) is 11.2 Å². The van der Waals surface area contributed by atoms with Gasteiger partial charge in [0.2, 0.25) is 5.95 Å². The van der Waals surface area contributed by atoms with Crippen molar-refractivity contribution >= 4 is 34.4 Å². The first kappa shape index (κ1) is 19.8. The van der Waals surface area contributed by atoms with E-state index in [1.165, 1.54) is 25.7 Å². The van der Waals surface area contributed by atoms with Crippen molar-refractivity contribution in [3.05, 3.63) is 41.7 Å². The zero-order chi connectivity index (χ0) is 19.5. The van der Waals surface area contributed by atoms with Gasteiger partial charge in [0.25, 0.3) is 0 Å². The van der Waals surface area contributed by atoms with Crippen molar-refractivity contribution in [2.75, 3.05) is 36.1 Å². The molecule has 2 aliphatic rings. The van der Waals surface area contributed by atoms with E-state index in [0.717, 1.165) is 53.9 Å². The fourth-order valence-corrected chi connectivity index (χ4v) is 4.96. The summed E-state index contributed by atoms with van der Waals surface area (Å²) in [6, 6.07) is 7.93. The van der Waals surface area contributed by atoms with Gasteiger partial charge in [-0.2, -0.15) is 0 Å². The highest BCUT2D eigenvalue weighted by Crippen LogP contribution is 2.49. The van der Waals surface area contributed by atoms with Gasteiger partial charge in [-0.3, -0.25) is 0 Å². The molecular weight excluding hydrogens is 392 g/mol. The Balaban J connectivity index is 1.17. The number of nitrogens with one attached hydrogen (secondary N) is 1. The monoisotopic (exact) mass is 418 g/mol. The van der Waals surface area contributed by atoms with E-state index < -0.39 is 11.2 Å². The molecule has 5 nitrogen and oxygen atoms in total. The van der Waals surface area contributed by atoms with Gasteiger partial charge >= 0.3 is 0 Å². The molecule has 150 valence electrons. The number of aromatic nitrogens is 2. The van der Waals surface area contributed by atoms with Crippen molar-refractivity contribution in [2.24, 2.45) is 17.8 Å². The van der Waals surface area contributed by atoms with Crippen LogP contribution in [-0.4, -0.2) is 40.4 Å². The van der Waals surface area contributed by atoms with Crippen molar-refractivity contribution in [3.8, 4) is 0 Å². The van der Waals surface area contributed by atoms with Crippen LogP contribution in [0.5, 0.6) is 0 Å². The summed E-state index contributed by atoms with van der Waals surface area (Å²) in [5.74, 6) is 3.39. The number of rotatable bonds is 7. The van der Waals surface area contributed by atoms with Crippen LogP contribution >= 0.6 is 11.6 Å². The molecule has 1 saturated heterocycles. The molecule has 2 heterocycles. The first-order valence-corrected chi connectivity index (χ1v) is 11.9. The van der Waals surface area contributed by atoms with Crippen molar-refractivity contribution in [3.63, 3.8) is 0 Å². The molecule has 0 bridgehead atoms. The number of hydrogen-bond acceptors (Lipinski definition) is 5. The number of hydrogen-bond donors (Lipinski definition) is 1. The summed E-state index contributed by atoms with van der Waals surface area (Å²) < 4.78 is 11.4. The molecule has 1 saturated carbocycles. The lowest BCUT2D eigenvalue weighted by atomic mass is 9.90. The number of halogens is 1. The van der Waals surface area contributed by atoms with Gasteiger partial charge in [0.15, 0.2) is 4.90 Å². The van der Waals surface area contributed by atoms with Gasteiger partial charge in [-0.1, -0.05) is 11.6 Å². The highest BCUT2D eigenvalue weighted by Gasteiger charge is 2.43. The first-order chi connectivity index (χ1) is 13.6. The molecule has 1 aromatic carbocycles. The zero-order valence-electron chi connectivity index (χ0n) is 16.2. The fraction of sp³-hybridized carbons (Fsp3) is 0.524. The standard InChI is InChI=1S/C21H27ClN4OS/c1-28(27)19-4-2-18(3-5-19)23-9-6-16-12-20(16)15-7-10-26(11-8-15)21-24-13-17(22)14-25-21/h2-5,13-16,20,23H,6-12H2,1H3. The van der Waals surface area contributed by atoms with Crippen LogP contribution in [0.15, 0.2) is 41.6 Å². The summed E-state index contributed by atoms with van der Waals surface area (Å²) >= 11 is 4.97. The summed E-state index contributed by atoms with van der Waals surface area (Å²) in [5.41, 5.74) is 1.11. The maximum absolute atomic E-state index is 11.4. The Morgan fingerprint density at radius 2 is 1.86 bits per heavy atom. The molecule has 1 aliphatic carbocycles. The van der Waals surface area contributed by atoms with Gasteiger partial charge in [0.1, 0.15) is 6.26 Å². The quantitative estimate of drug-likeness (QED) is 0.682. The van der Waals surface area contributed by atoms with Crippen LogP contribution in [0, 0.1) is 17.8 Å². The van der Waals surface area contributed by atoms with Gasteiger partial charge in [-0.25, -0.2) is 9.97 Å². The van der Waals surface area contributed by atoms with Gasteiger partial charge in [-0.15, -0.1) is 0 Å². The first-order valence-electron chi connectivity index (χ1n) is 10.00. The number of benzene rings is 1. The Morgan fingerprint density at radius 3 is 2.50 bits per heavy atom. The minimum Gasteiger partial charge on any atom is -0.612 e. The summed E-state index contributed by atoms with van der Waals surface area (Å²) in [7, 11) is 0. The molecule has 1 N–H and O–H groups in total. The Morgan fingerprint density at radius 1 is 1.18 bits per heavy atom. The van der Waals surface area contributed by atoms with E-state index in [4.69, 9.17) is 11.6 Å². The van der Waals surface area contributed by atoms with Crippen LogP contribution in [0.2, 0.25) is 5.02 Å². The summed E-state index contributed by atoms with van der Waals surface area (Å²) in [5, 5.41) is 4.09. The Labute approximate surface area is 175 Å². The largest absolute Gasteiger partial charge is 0.612 e. The van der Waals surface area contributed by atoms with Crippen LogP contribution < -0.4 is 10.2 Å². The molecule has 2 fully saturated rings. The highest BCUT2D eigenvalue weighted by molar-refractivity contribution is 7.90. The fourth-order valence-electron chi connectivity index (χ4n) is 4.34. The predicted octanol–water partition coefficient (Wildman–Crippen LogP) is 4.22. The molecule has 1 aromatic heterocycles. The molecule has 0 spiro atoms. The van der Waals surface area contributed by atoms with Crippen LogP contribution in [0.25, 0.3) is 0 Å². The third kappa shape index (κ3) is 4.91. The third-order valence-electron chi connectivity index (χ3n) is 6.04. The van der Waals surface area contributed by atoms with Gasteiger partial charge in [0.05, 0.1) is 17.4 Å². The van der Waals surface area contributed by atoms with Crippen molar-refractivity contribution < 1.29 is 4.55 Å². The van der Waals surface area contributed by atoms with Crippen LogP contribution in [0.1, 0.15) is 25.7 Å². The zero-order valence-corrected chi connectivity index (χ0v) is 17.8. The Hall–Kier alpha value is -1.50. The lowest BCUT2D eigenvalue weighted by Crippen LogP contribution is -2.35.